The summed E-state index contributed by atoms with van der Waals surface area (Å²) in [6.45, 7) is 0. The molecule has 2 N–H and O–H groups in total. The fourth-order valence-corrected chi connectivity index (χ4v) is 1.17. The Bertz CT molecular complexity index is 147. The van der Waals surface area contributed by atoms with Crippen molar-refractivity contribution in [2.24, 2.45) is 5.73 Å². The van der Waals surface area contributed by atoms with E-state index in [1.165, 1.54) is 0 Å². The first-order valence-electron chi connectivity index (χ1n) is 3.34. The molecule has 0 heterocycles. The molecular weight excluding hydrogens is 114 g/mol. The van der Waals surface area contributed by atoms with Gasteiger partial charge in [0.1, 0.15) is 5.94 Å². The molecule has 0 radical (unpaired) electrons. The molecule has 0 aliphatic heterocycles. The monoisotopic (exact) mass is 125 g/mol. The lowest BCUT2D eigenvalue weighted by atomic mass is 9.92. The van der Waals surface area contributed by atoms with Crippen LogP contribution in [0.1, 0.15) is 25.7 Å². The third-order valence-electron chi connectivity index (χ3n) is 1.79. The smallest absolute Gasteiger partial charge is 0.125 e. The van der Waals surface area contributed by atoms with Gasteiger partial charge in [0, 0.05) is 11.6 Å². The van der Waals surface area contributed by atoms with Crippen molar-refractivity contribution in [2.75, 3.05) is 0 Å². The molecule has 1 unspecified atom stereocenters. The lowest BCUT2D eigenvalue weighted by Gasteiger charge is -2.17. The van der Waals surface area contributed by atoms with Crippen molar-refractivity contribution in [1.29, 1.82) is 0 Å². The Kier molecular flexibility index (Phi) is 2.04. The van der Waals surface area contributed by atoms with Crippen LogP contribution >= 0.6 is 0 Å². The van der Waals surface area contributed by atoms with Gasteiger partial charge in [-0.2, -0.15) is 0 Å². The van der Waals surface area contributed by atoms with Gasteiger partial charge >= 0.3 is 0 Å². The van der Waals surface area contributed by atoms with E-state index in [-0.39, 0.29) is 6.04 Å². The van der Waals surface area contributed by atoms with Crippen LogP contribution in [0.25, 0.3) is 0 Å². The Hall–Kier alpha value is -0.590. The Morgan fingerprint density at radius 3 is 2.78 bits per heavy atom. The van der Waals surface area contributed by atoms with Gasteiger partial charge < -0.3 is 5.73 Å². The van der Waals surface area contributed by atoms with E-state index >= 15 is 0 Å². The van der Waals surface area contributed by atoms with Crippen LogP contribution in [0.5, 0.6) is 0 Å². The van der Waals surface area contributed by atoms with Crippen molar-refractivity contribution in [3.63, 3.8) is 0 Å². The van der Waals surface area contributed by atoms with Crippen LogP contribution in [0, 0.1) is 0 Å². The normalized spacial score (nSPS) is 27.7. The molecule has 1 aliphatic rings. The summed E-state index contributed by atoms with van der Waals surface area (Å²) in [4.78, 5) is 10.1. The van der Waals surface area contributed by atoms with Crippen LogP contribution in [0.3, 0.4) is 0 Å². The molecule has 1 rings (SSSR count). The van der Waals surface area contributed by atoms with Crippen molar-refractivity contribution < 1.29 is 4.79 Å². The van der Waals surface area contributed by atoms with Crippen molar-refractivity contribution >= 4 is 5.94 Å². The molecule has 0 spiro atoms. The van der Waals surface area contributed by atoms with Gasteiger partial charge in [-0.25, -0.2) is 4.79 Å². The summed E-state index contributed by atoms with van der Waals surface area (Å²) in [5.74, 6) is 1.90. The van der Waals surface area contributed by atoms with Crippen LogP contribution in [-0.2, 0) is 4.79 Å². The molecule has 1 fully saturated rings. The molecular formula is C7H11NO. The predicted molar refractivity (Wildman–Crippen MR) is 35.6 cm³/mol. The molecule has 0 aromatic carbocycles. The summed E-state index contributed by atoms with van der Waals surface area (Å²) in [5.41, 5.74) is 6.37. The van der Waals surface area contributed by atoms with Gasteiger partial charge in [0.15, 0.2) is 0 Å². The Balaban J connectivity index is 2.59. The molecule has 0 bridgehead atoms. The summed E-state index contributed by atoms with van der Waals surface area (Å²) in [7, 11) is 0. The van der Waals surface area contributed by atoms with Crippen molar-refractivity contribution in [1.82, 2.24) is 0 Å². The molecule has 0 aromatic heterocycles. The van der Waals surface area contributed by atoms with Crippen LogP contribution < -0.4 is 5.73 Å². The molecule has 1 aliphatic carbocycles. The first-order chi connectivity index (χ1) is 4.34. The van der Waals surface area contributed by atoms with Crippen LogP contribution in [0.15, 0.2) is 5.57 Å². The topological polar surface area (TPSA) is 43.1 Å². The van der Waals surface area contributed by atoms with E-state index < -0.39 is 0 Å². The minimum absolute atomic E-state index is 0.0104. The molecule has 0 aromatic rings. The number of rotatable bonds is 0. The second-order valence-electron chi connectivity index (χ2n) is 2.48. The lowest BCUT2D eigenvalue weighted by molar-refractivity contribution is 0.523. The minimum atomic E-state index is 0.0104. The van der Waals surface area contributed by atoms with Gasteiger partial charge in [0.2, 0.25) is 0 Å². The van der Waals surface area contributed by atoms with Gasteiger partial charge in [-0.15, -0.1) is 0 Å². The van der Waals surface area contributed by atoms with E-state index in [2.05, 4.69) is 0 Å². The Morgan fingerprint density at radius 2 is 2.33 bits per heavy atom. The predicted octanol–water partition coefficient (Wildman–Crippen LogP) is 0.646. The van der Waals surface area contributed by atoms with Gasteiger partial charge in [0.25, 0.3) is 0 Å². The summed E-state index contributed by atoms with van der Waals surface area (Å²) in [6, 6.07) is 0.0104. The molecule has 0 amide bonds. The van der Waals surface area contributed by atoms with Crippen molar-refractivity contribution in [2.45, 2.75) is 31.7 Å². The van der Waals surface area contributed by atoms with Crippen LogP contribution in [0.4, 0.5) is 0 Å². The Morgan fingerprint density at radius 1 is 1.56 bits per heavy atom. The quantitative estimate of drug-likeness (QED) is 0.483. The summed E-state index contributed by atoms with van der Waals surface area (Å²) < 4.78 is 0. The van der Waals surface area contributed by atoms with E-state index in [1.54, 1.807) is 0 Å². The number of nitrogens with two attached hydrogens (primary N) is 1. The second-order valence-corrected chi connectivity index (χ2v) is 2.48. The molecule has 2 heteroatoms. The van der Waals surface area contributed by atoms with Crippen molar-refractivity contribution in [3.8, 4) is 0 Å². The number of carbonyl (C=O) groups excluding carboxylic acids is 1. The molecule has 1 atom stereocenters. The third kappa shape index (κ3) is 1.41. The van der Waals surface area contributed by atoms with Crippen molar-refractivity contribution in [3.05, 3.63) is 5.57 Å². The van der Waals surface area contributed by atoms with E-state index in [1.807, 2.05) is 5.94 Å². The van der Waals surface area contributed by atoms with E-state index in [0.29, 0.717) is 0 Å². The fourth-order valence-electron chi connectivity index (χ4n) is 1.17. The lowest BCUT2D eigenvalue weighted by Crippen LogP contribution is -2.25. The average molecular weight is 125 g/mol. The first kappa shape index (κ1) is 6.53. The third-order valence-corrected chi connectivity index (χ3v) is 1.79. The maximum atomic E-state index is 10.1. The van der Waals surface area contributed by atoms with Gasteiger partial charge in [0.05, 0.1) is 0 Å². The highest BCUT2D eigenvalue weighted by Crippen LogP contribution is 2.19. The molecule has 9 heavy (non-hydrogen) atoms. The van der Waals surface area contributed by atoms with Crippen LogP contribution in [-0.4, -0.2) is 12.0 Å². The maximum Gasteiger partial charge on any atom is 0.125 e. The fraction of sp³-hybridized carbons (Fsp3) is 0.714. The maximum absolute atomic E-state index is 10.1. The Labute approximate surface area is 54.7 Å². The van der Waals surface area contributed by atoms with Gasteiger partial charge in [-0.05, 0) is 19.3 Å². The highest BCUT2D eigenvalue weighted by atomic mass is 16.1. The van der Waals surface area contributed by atoms with E-state index in [0.717, 1.165) is 31.3 Å². The van der Waals surface area contributed by atoms with E-state index in [4.69, 9.17) is 5.73 Å². The highest BCUT2D eigenvalue weighted by Gasteiger charge is 2.14. The zero-order chi connectivity index (χ0) is 6.69. The second kappa shape index (κ2) is 2.81. The zero-order valence-corrected chi connectivity index (χ0v) is 5.39. The standard InChI is InChI=1S/C7H11NO/c8-7-4-2-1-3-6(7)5-9/h7H,1-4,8H2. The average Bonchev–Trinajstić information content (AvgIpc) is 1.89. The number of hydrogen-bond donors (Lipinski definition) is 1. The highest BCUT2D eigenvalue weighted by molar-refractivity contribution is 5.54. The van der Waals surface area contributed by atoms with E-state index in [9.17, 15) is 4.79 Å². The molecule has 1 saturated carbocycles. The SMILES string of the molecule is NC1CCCCC1=C=O. The van der Waals surface area contributed by atoms with Gasteiger partial charge in [-0.1, -0.05) is 6.42 Å². The molecule has 2 nitrogen and oxygen atoms in total. The summed E-state index contributed by atoms with van der Waals surface area (Å²) in [5, 5.41) is 0. The minimum Gasteiger partial charge on any atom is -0.324 e. The summed E-state index contributed by atoms with van der Waals surface area (Å²) >= 11 is 0. The number of hydrogen-bond acceptors (Lipinski definition) is 2. The van der Waals surface area contributed by atoms with Crippen LogP contribution in [0.2, 0.25) is 0 Å². The summed E-state index contributed by atoms with van der Waals surface area (Å²) in [6.07, 6.45) is 4.10. The molecule has 50 valence electrons. The molecule has 0 saturated heterocycles. The van der Waals surface area contributed by atoms with Gasteiger partial charge in [-0.3, -0.25) is 0 Å². The largest absolute Gasteiger partial charge is 0.324 e. The first-order valence-corrected chi connectivity index (χ1v) is 3.34. The zero-order valence-electron chi connectivity index (χ0n) is 5.39.